The second-order valence-electron chi connectivity index (χ2n) is 5.86. The van der Waals surface area contributed by atoms with Crippen LogP contribution in [-0.4, -0.2) is 14.5 Å². The zero-order chi connectivity index (χ0) is 16.4. The van der Waals surface area contributed by atoms with Crippen LogP contribution in [0, 0.1) is 6.92 Å². The highest BCUT2D eigenvalue weighted by Crippen LogP contribution is 2.24. The smallest absolute Gasteiger partial charge is 0.160 e. The third kappa shape index (κ3) is 3.17. The largest absolute Gasteiger partial charge is 0.397 e. The van der Waals surface area contributed by atoms with Crippen molar-refractivity contribution in [2.24, 2.45) is 0 Å². The van der Waals surface area contributed by atoms with Crippen LogP contribution in [0.1, 0.15) is 36.7 Å². The monoisotopic (exact) mass is 328 g/mol. The minimum atomic E-state index is 0.687. The van der Waals surface area contributed by atoms with Gasteiger partial charge in [-0.25, -0.2) is 9.97 Å². The van der Waals surface area contributed by atoms with Gasteiger partial charge in [0.1, 0.15) is 11.3 Å². The number of hydrogen-bond donors (Lipinski definition) is 1. The molecule has 2 heterocycles. The van der Waals surface area contributed by atoms with Crippen molar-refractivity contribution >= 4 is 28.5 Å². The van der Waals surface area contributed by atoms with Crippen molar-refractivity contribution in [3.63, 3.8) is 0 Å². The molecule has 2 aromatic heterocycles. The molecule has 0 saturated carbocycles. The maximum absolute atomic E-state index is 6.12. The molecule has 0 aliphatic carbocycles. The van der Waals surface area contributed by atoms with Crippen LogP contribution >= 0.6 is 11.6 Å². The maximum atomic E-state index is 6.12. The summed E-state index contributed by atoms with van der Waals surface area (Å²) in [5.41, 5.74) is 10.6. The molecule has 23 heavy (non-hydrogen) atoms. The predicted octanol–water partition coefficient (Wildman–Crippen LogP) is 4.37. The lowest BCUT2D eigenvalue weighted by Crippen LogP contribution is -2.06. The highest BCUT2D eigenvalue weighted by Gasteiger charge is 2.15. The van der Waals surface area contributed by atoms with Crippen LogP contribution in [0.25, 0.3) is 11.2 Å². The summed E-state index contributed by atoms with van der Waals surface area (Å²) in [5, 5.41) is 0.746. The van der Waals surface area contributed by atoms with Gasteiger partial charge in [0.2, 0.25) is 0 Å². The summed E-state index contributed by atoms with van der Waals surface area (Å²) < 4.78 is 2.18. The molecule has 0 bridgehead atoms. The Morgan fingerprint density at radius 1 is 1.30 bits per heavy atom. The number of fused-ring (bicyclic) bond motifs is 1. The van der Waals surface area contributed by atoms with Crippen molar-refractivity contribution in [2.75, 3.05) is 5.73 Å². The van der Waals surface area contributed by atoms with Gasteiger partial charge in [-0.2, -0.15) is 0 Å². The van der Waals surface area contributed by atoms with Crippen LogP contribution in [0.3, 0.4) is 0 Å². The van der Waals surface area contributed by atoms with Gasteiger partial charge < -0.3 is 10.3 Å². The summed E-state index contributed by atoms with van der Waals surface area (Å²) >= 11 is 6.12. The minimum Gasteiger partial charge on any atom is -0.397 e. The first-order chi connectivity index (χ1) is 11.1. The maximum Gasteiger partial charge on any atom is 0.160 e. The molecule has 0 atom stereocenters. The molecule has 4 nitrogen and oxygen atoms in total. The number of pyridine rings is 1. The molecule has 0 aliphatic rings. The van der Waals surface area contributed by atoms with Gasteiger partial charge in [-0.3, -0.25) is 0 Å². The minimum absolute atomic E-state index is 0.687. The van der Waals surface area contributed by atoms with Gasteiger partial charge in [0.15, 0.2) is 5.65 Å². The van der Waals surface area contributed by atoms with Crippen LogP contribution in [-0.2, 0) is 13.0 Å². The molecule has 0 spiro atoms. The number of anilines is 1. The van der Waals surface area contributed by atoms with Gasteiger partial charge in [0, 0.05) is 17.0 Å². The molecular formula is C18H21ClN4. The standard InChI is InChI=1S/C18H21ClN4/c1-3-4-8-16-22-17-12(2)15(20)10-21-18(17)23(16)11-13-6-5-7-14(19)9-13/h5-7,9-10H,3-4,8,11,20H2,1-2H3. The number of imidazole rings is 1. The second-order valence-corrected chi connectivity index (χ2v) is 6.29. The van der Waals surface area contributed by atoms with Crippen LogP contribution in [0.4, 0.5) is 5.69 Å². The van der Waals surface area contributed by atoms with E-state index in [0.29, 0.717) is 12.2 Å². The van der Waals surface area contributed by atoms with E-state index in [4.69, 9.17) is 22.3 Å². The Kier molecular flexibility index (Phi) is 4.53. The van der Waals surface area contributed by atoms with Crippen molar-refractivity contribution in [3.05, 3.63) is 52.4 Å². The van der Waals surface area contributed by atoms with Crippen molar-refractivity contribution in [3.8, 4) is 0 Å². The average molecular weight is 329 g/mol. The van der Waals surface area contributed by atoms with Gasteiger partial charge in [0.25, 0.3) is 0 Å². The van der Waals surface area contributed by atoms with E-state index in [1.165, 1.54) is 0 Å². The summed E-state index contributed by atoms with van der Waals surface area (Å²) in [7, 11) is 0. The Labute approximate surface area is 141 Å². The molecule has 5 heteroatoms. The Hall–Kier alpha value is -2.07. The topological polar surface area (TPSA) is 56.7 Å². The van der Waals surface area contributed by atoms with E-state index in [0.717, 1.165) is 52.4 Å². The number of nitrogens with zero attached hydrogens (tertiary/aromatic N) is 3. The normalized spacial score (nSPS) is 11.3. The molecular weight excluding hydrogens is 308 g/mol. The molecule has 0 fully saturated rings. The van der Waals surface area contributed by atoms with E-state index < -0.39 is 0 Å². The van der Waals surface area contributed by atoms with E-state index in [-0.39, 0.29) is 0 Å². The summed E-state index contributed by atoms with van der Waals surface area (Å²) in [6.45, 7) is 4.90. The van der Waals surface area contributed by atoms with E-state index in [1.807, 2.05) is 25.1 Å². The van der Waals surface area contributed by atoms with Crippen molar-refractivity contribution in [2.45, 2.75) is 39.7 Å². The predicted molar refractivity (Wildman–Crippen MR) is 95.8 cm³/mol. The highest BCUT2D eigenvalue weighted by molar-refractivity contribution is 6.30. The Bertz CT molecular complexity index is 838. The van der Waals surface area contributed by atoms with E-state index >= 15 is 0 Å². The molecule has 3 aromatic rings. The molecule has 0 aliphatic heterocycles. The zero-order valence-electron chi connectivity index (χ0n) is 13.5. The first-order valence-electron chi connectivity index (χ1n) is 7.94. The van der Waals surface area contributed by atoms with Crippen molar-refractivity contribution in [1.82, 2.24) is 14.5 Å². The van der Waals surface area contributed by atoms with E-state index in [2.05, 4.69) is 22.5 Å². The number of benzene rings is 1. The first kappa shape index (κ1) is 15.8. The number of hydrogen-bond acceptors (Lipinski definition) is 3. The summed E-state index contributed by atoms with van der Waals surface area (Å²) in [6, 6.07) is 7.92. The molecule has 120 valence electrons. The molecule has 3 rings (SSSR count). The Balaban J connectivity index is 2.10. The van der Waals surface area contributed by atoms with Crippen LogP contribution in [0.5, 0.6) is 0 Å². The number of unbranched alkanes of at least 4 members (excludes halogenated alkanes) is 1. The zero-order valence-corrected chi connectivity index (χ0v) is 14.3. The van der Waals surface area contributed by atoms with E-state index in [9.17, 15) is 0 Å². The molecule has 0 saturated heterocycles. The third-order valence-electron chi connectivity index (χ3n) is 4.12. The Morgan fingerprint density at radius 2 is 2.13 bits per heavy atom. The fourth-order valence-electron chi connectivity index (χ4n) is 2.75. The number of halogens is 1. The van der Waals surface area contributed by atoms with Gasteiger partial charge in [-0.1, -0.05) is 37.1 Å². The third-order valence-corrected chi connectivity index (χ3v) is 4.35. The van der Waals surface area contributed by atoms with Gasteiger partial charge in [0.05, 0.1) is 18.4 Å². The van der Waals surface area contributed by atoms with Crippen LogP contribution in [0.15, 0.2) is 30.5 Å². The molecule has 0 amide bonds. The lowest BCUT2D eigenvalue weighted by molar-refractivity contribution is 0.686. The van der Waals surface area contributed by atoms with E-state index in [1.54, 1.807) is 6.20 Å². The van der Waals surface area contributed by atoms with Gasteiger partial charge in [-0.05, 0) is 31.0 Å². The first-order valence-corrected chi connectivity index (χ1v) is 8.32. The molecule has 1 aromatic carbocycles. The number of nitrogen functional groups attached to an aromatic ring is 1. The summed E-state index contributed by atoms with van der Waals surface area (Å²) in [5.74, 6) is 1.06. The van der Waals surface area contributed by atoms with Gasteiger partial charge >= 0.3 is 0 Å². The Morgan fingerprint density at radius 3 is 2.87 bits per heavy atom. The lowest BCUT2D eigenvalue weighted by Gasteiger charge is -2.09. The van der Waals surface area contributed by atoms with Crippen LogP contribution < -0.4 is 5.73 Å². The number of rotatable bonds is 5. The fraction of sp³-hybridized carbons (Fsp3) is 0.333. The average Bonchev–Trinajstić information content (AvgIpc) is 2.87. The number of aryl methyl sites for hydroxylation is 2. The van der Waals surface area contributed by atoms with Crippen LogP contribution in [0.2, 0.25) is 5.02 Å². The quantitative estimate of drug-likeness (QED) is 0.756. The fourth-order valence-corrected chi connectivity index (χ4v) is 2.96. The number of nitrogens with two attached hydrogens (primary N) is 1. The summed E-state index contributed by atoms with van der Waals surface area (Å²) in [4.78, 5) is 9.35. The molecule has 0 unspecified atom stereocenters. The van der Waals surface area contributed by atoms with Crippen molar-refractivity contribution < 1.29 is 0 Å². The second kappa shape index (κ2) is 6.59. The van der Waals surface area contributed by atoms with Crippen molar-refractivity contribution in [1.29, 1.82) is 0 Å². The summed E-state index contributed by atoms with van der Waals surface area (Å²) in [6.07, 6.45) is 4.90. The lowest BCUT2D eigenvalue weighted by atomic mass is 10.2. The molecule has 2 N–H and O–H groups in total. The molecule has 0 radical (unpaired) electrons. The SMILES string of the molecule is CCCCc1nc2c(C)c(N)cnc2n1Cc1cccc(Cl)c1. The highest BCUT2D eigenvalue weighted by atomic mass is 35.5. The number of aromatic nitrogens is 3. The van der Waals surface area contributed by atoms with Gasteiger partial charge in [-0.15, -0.1) is 0 Å².